The molecule has 0 bridgehead atoms. The van der Waals surface area contributed by atoms with Crippen LogP contribution in [0, 0.1) is 5.92 Å². The van der Waals surface area contributed by atoms with Crippen molar-refractivity contribution in [2.45, 2.75) is 155 Å². The van der Waals surface area contributed by atoms with Crippen LogP contribution in [-0.4, -0.2) is 161 Å². The Labute approximate surface area is 569 Å². The van der Waals surface area contributed by atoms with E-state index in [-0.39, 0.29) is 105 Å². The highest BCUT2D eigenvalue weighted by molar-refractivity contribution is 6.13. The molecule has 9 amide bonds. The van der Waals surface area contributed by atoms with Crippen LogP contribution in [0.5, 0.6) is 23.0 Å². The summed E-state index contributed by atoms with van der Waals surface area (Å²) in [6, 6.07) is 25.4. The fraction of sp³-hybridized carbons (Fsp3) is 0.425. The first-order valence-corrected chi connectivity index (χ1v) is 32.9. The number of hydrogen-bond acceptors (Lipinski definition) is 17. The van der Waals surface area contributed by atoms with Crippen LogP contribution in [0.1, 0.15) is 129 Å². The van der Waals surface area contributed by atoms with Crippen LogP contribution >= 0.6 is 0 Å². The van der Waals surface area contributed by atoms with Crippen LogP contribution in [0.4, 0.5) is 21.9 Å². The number of anilines is 2. The van der Waals surface area contributed by atoms with Gasteiger partial charge in [-0.05, 0) is 118 Å². The zero-order valence-electron chi connectivity index (χ0n) is 56.6. The van der Waals surface area contributed by atoms with Crippen molar-refractivity contribution in [3.8, 4) is 23.0 Å². The van der Waals surface area contributed by atoms with Crippen molar-refractivity contribution in [3.05, 3.63) is 148 Å². The molecule has 5 heterocycles. The molecule has 518 valence electrons. The fourth-order valence-electron chi connectivity index (χ4n) is 12.4. The van der Waals surface area contributed by atoms with Gasteiger partial charge >= 0.3 is 6.09 Å². The van der Waals surface area contributed by atoms with Gasteiger partial charge in [-0.3, -0.25) is 48.2 Å². The first-order chi connectivity index (χ1) is 46.8. The number of ether oxygens (including phenoxy) is 6. The summed E-state index contributed by atoms with van der Waals surface area (Å²) in [4.78, 5) is 130. The molecule has 25 nitrogen and oxygen atoms in total. The second-order valence-electron chi connectivity index (χ2n) is 26.6. The van der Waals surface area contributed by atoms with Crippen molar-refractivity contribution in [2.24, 2.45) is 10.9 Å². The van der Waals surface area contributed by atoms with E-state index in [2.05, 4.69) is 27.3 Å². The molecule has 0 fully saturated rings. The summed E-state index contributed by atoms with van der Waals surface area (Å²) >= 11 is 0. The monoisotopic (exact) mass is 1340 g/mol. The lowest BCUT2D eigenvalue weighted by Gasteiger charge is -2.39. The normalized spacial score (nSPS) is 17.6. The van der Waals surface area contributed by atoms with Crippen LogP contribution in [0.3, 0.4) is 0 Å². The van der Waals surface area contributed by atoms with Crippen LogP contribution in [0.25, 0.3) is 0 Å². The van der Waals surface area contributed by atoms with Crippen molar-refractivity contribution in [1.82, 2.24) is 30.7 Å². The molecule has 5 aliphatic heterocycles. The lowest BCUT2D eigenvalue weighted by Crippen LogP contribution is -2.55. The molecule has 5 N–H and O–H groups in total. The van der Waals surface area contributed by atoms with Gasteiger partial charge in [0.15, 0.2) is 29.2 Å². The number of aliphatic imine (C=N–C) groups is 1. The molecule has 25 heteroatoms. The molecule has 5 aliphatic rings. The number of rotatable bonds is 27. The third kappa shape index (κ3) is 16.6. The second-order valence-corrected chi connectivity index (χ2v) is 26.6. The van der Waals surface area contributed by atoms with Gasteiger partial charge < -0.3 is 64.6 Å². The highest BCUT2D eigenvalue weighted by atomic mass is 16.6. The number of hydrogen-bond donors (Lipinski definition) is 5. The van der Waals surface area contributed by atoms with E-state index in [0.29, 0.717) is 66.2 Å². The molecular formula is C73H85N9O16. The van der Waals surface area contributed by atoms with Crippen LogP contribution in [-0.2, 0) is 70.8 Å². The number of methoxy groups -OCH3 is 2. The highest BCUT2D eigenvalue weighted by Crippen LogP contribution is 2.43. The smallest absolute Gasteiger partial charge is 0.416 e. The highest BCUT2D eigenvalue weighted by Gasteiger charge is 2.46. The minimum atomic E-state index is -1.59. The standard InChI is InChI=1S/C73H85N9O16/c1-43(2)65(77-61(83)25-27-73(6,7)98-32-28-72(4,5)78-62(84)26-29-79-63(85)23-24-64(79)86)67(88)75-44(3)66(87)76-50-21-19-45(20-22-50)42-97-71(92)82-55-38-60(58(94-9)36-53(55)69(90)81-41-49-18-13-11-16-47(49)34-56(81)70(82)91)96-31-14-30-95-59-37-54-52(35-57(59)93-8)68(89)80-40-48-17-12-10-15-46(48)33-51(80)39-74-54/h10-13,15-24,35-39,43-44,51,56,65,70,91H,14,25-34,40-42H2,1-9H3,(H,75,88)(H,76,87)(H,77,83)(H,78,84)/t44-,51?,56?,65-,70?/m0/s1. The summed E-state index contributed by atoms with van der Waals surface area (Å²) in [5.41, 5.74) is 4.50. The molecule has 0 aliphatic carbocycles. The van der Waals surface area contributed by atoms with Gasteiger partial charge in [0.1, 0.15) is 18.7 Å². The number of nitrogens with zero attached hydrogens (tertiary/aromatic N) is 5. The summed E-state index contributed by atoms with van der Waals surface area (Å²) < 4.78 is 36.1. The van der Waals surface area contributed by atoms with E-state index in [1.807, 2.05) is 81.3 Å². The summed E-state index contributed by atoms with van der Waals surface area (Å²) in [5, 5.41) is 23.6. The molecular weight excluding hydrogens is 1260 g/mol. The van der Waals surface area contributed by atoms with Gasteiger partial charge in [-0.25, -0.2) is 9.69 Å². The number of nitrogens with one attached hydrogen (secondary N) is 4. The van der Waals surface area contributed by atoms with Crippen LogP contribution in [0.15, 0.2) is 114 Å². The average Bonchev–Trinajstić information content (AvgIpc) is 1.59. The first-order valence-electron chi connectivity index (χ1n) is 32.9. The second kappa shape index (κ2) is 30.5. The number of imide groups is 1. The number of carbonyl (C=O) groups is 9. The molecule has 5 atom stereocenters. The summed E-state index contributed by atoms with van der Waals surface area (Å²) in [7, 11) is 2.93. The molecule has 10 rings (SSSR count). The number of aliphatic hydroxyl groups excluding tert-OH is 1. The summed E-state index contributed by atoms with van der Waals surface area (Å²) in [6.07, 6.45) is 3.54. The van der Waals surface area contributed by atoms with Gasteiger partial charge in [0, 0.05) is 87.2 Å². The maximum absolute atomic E-state index is 14.7. The largest absolute Gasteiger partial charge is 0.493 e. The Balaban J connectivity index is 0.723. The number of aliphatic hydroxyl groups is 1. The third-order valence-corrected chi connectivity index (χ3v) is 18.1. The Morgan fingerprint density at radius 3 is 1.91 bits per heavy atom. The SMILES string of the molecule is COc1cc2c(cc1OCCCOc1cc3c(cc1OC)C(=O)N1Cc4ccccc4CC1C(O)N3C(=O)OCc1ccc(NC(=O)[C@H](C)NC(=O)[C@@H](NC(=O)CCC(C)(C)OCCC(C)(C)NC(=O)CCN3C(=O)C=CC3=O)C(C)C)cc1)N=CC1Cc3ccccc3CN1C2=O. The molecule has 0 saturated heterocycles. The predicted octanol–water partition coefficient (Wildman–Crippen LogP) is 7.64. The Kier molecular flexibility index (Phi) is 22.0. The molecule has 3 unspecified atom stereocenters. The maximum Gasteiger partial charge on any atom is 0.416 e. The molecule has 0 spiro atoms. The maximum atomic E-state index is 14.7. The van der Waals surface area contributed by atoms with Crippen LogP contribution < -0.4 is 45.1 Å². The van der Waals surface area contributed by atoms with Crippen molar-refractivity contribution < 1.29 is 76.7 Å². The predicted molar refractivity (Wildman–Crippen MR) is 362 cm³/mol. The van der Waals surface area contributed by atoms with E-state index >= 15 is 0 Å². The zero-order valence-corrected chi connectivity index (χ0v) is 56.6. The topological polar surface area (TPSA) is 303 Å². The Bertz CT molecular complexity index is 3920. The summed E-state index contributed by atoms with van der Waals surface area (Å²) in [5.74, 6) is -2.56. The Morgan fingerprint density at radius 2 is 1.27 bits per heavy atom. The Morgan fingerprint density at radius 1 is 0.663 bits per heavy atom. The van der Waals surface area contributed by atoms with Gasteiger partial charge in [-0.15, -0.1) is 0 Å². The molecule has 98 heavy (non-hydrogen) atoms. The molecule has 5 aromatic carbocycles. The Hall–Kier alpha value is -10.1. The average molecular weight is 1340 g/mol. The van der Waals surface area contributed by atoms with E-state index in [1.54, 1.807) is 55.1 Å². The number of carbonyl (C=O) groups excluding carboxylic acids is 9. The van der Waals surface area contributed by atoms with Crippen molar-refractivity contribution in [3.63, 3.8) is 0 Å². The quantitative estimate of drug-likeness (QED) is 0.0249. The number of fused-ring (bicyclic) bond motifs is 6. The minimum absolute atomic E-state index is 0.0272. The number of amides is 9. The van der Waals surface area contributed by atoms with E-state index in [0.717, 1.165) is 26.5 Å². The van der Waals surface area contributed by atoms with Gasteiger partial charge in [-0.2, -0.15) is 0 Å². The van der Waals surface area contributed by atoms with Gasteiger partial charge in [0.2, 0.25) is 23.6 Å². The van der Waals surface area contributed by atoms with Crippen molar-refractivity contribution in [1.29, 1.82) is 0 Å². The van der Waals surface area contributed by atoms with Gasteiger partial charge in [0.05, 0.1) is 67.6 Å². The molecule has 5 aromatic rings. The zero-order chi connectivity index (χ0) is 70.2. The lowest BCUT2D eigenvalue weighted by atomic mass is 9.93. The molecule has 0 aromatic heterocycles. The summed E-state index contributed by atoms with van der Waals surface area (Å²) in [6.45, 7) is 13.2. The third-order valence-electron chi connectivity index (χ3n) is 18.1. The van der Waals surface area contributed by atoms with Crippen molar-refractivity contribution >= 4 is 76.6 Å². The van der Waals surface area contributed by atoms with Crippen molar-refractivity contribution in [2.75, 3.05) is 50.8 Å². The van der Waals surface area contributed by atoms with Crippen LogP contribution in [0.2, 0.25) is 0 Å². The van der Waals surface area contributed by atoms with E-state index in [1.165, 1.54) is 51.0 Å². The minimum Gasteiger partial charge on any atom is -0.493 e. The first kappa shape index (κ1) is 70.7. The van der Waals surface area contributed by atoms with Gasteiger partial charge in [-0.1, -0.05) is 74.5 Å². The van der Waals surface area contributed by atoms with E-state index < -0.39 is 77.0 Å². The van der Waals surface area contributed by atoms with E-state index in [4.69, 9.17) is 33.4 Å². The molecule has 0 saturated carbocycles. The van der Waals surface area contributed by atoms with E-state index in [9.17, 15) is 48.3 Å². The van der Waals surface area contributed by atoms with Gasteiger partial charge in [0.25, 0.3) is 23.6 Å². The lowest BCUT2D eigenvalue weighted by molar-refractivity contribution is -0.137. The fourth-order valence-corrected chi connectivity index (χ4v) is 12.4. The molecule has 0 radical (unpaired) electrons. The number of benzene rings is 5.